The summed E-state index contributed by atoms with van der Waals surface area (Å²) >= 11 is 0. The molecule has 0 radical (unpaired) electrons. The van der Waals surface area contributed by atoms with Crippen molar-refractivity contribution >= 4 is 11.9 Å². The number of rotatable bonds is 39. The fourth-order valence-corrected chi connectivity index (χ4v) is 6.35. The van der Waals surface area contributed by atoms with Gasteiger partial charge in [0.1, 0.15) is 6.10 Å². The summed E-state index contributed by atoms with van der Waals surface area (Å²) in [6.45, 7) is 6.33. The van der Waals surface area contributed by atoms with Crippen LogP contribution in [0.1, 0.15) is 207 Å². The van der Waals surface area contributed by atoms with Gasteiger partial charge in [0.15, 0.2) is 0 Å². The van der Waals surface area contributed by atoms with Crippen LogP contribution in [-0.2, 0) is 14.3 Å². The van der Waals surface area contributed by atoms with Crippen LogP contribution in [0.4, 0.5) is 0 Å². The summed E-state index contributed by atoms with van der Waals surface area (Å²) in [5, 5.41) is 23.5. The average Bonchev–Trinajstić information content (AvgIpc) is 3.16. The predicted octanol–water partition coefficient (Wildman–Crippen LogP) is 12.9. The van der Waals surface area contributed by atoms with E-state index in [-0.39, 0.29) is 24.9 Å². The first kappa shape index (κ1) is 51.6. The molecule has 0 aromatic carbocycles. The smallest absolute Gasteiger partial charge is 0.306 e. The van der Waals surface area contributed by atoms with Gasteiger partial charge in [-0.3, -0.25) is 9.59 Å². The number of ether oxygens (including phenoxy) is 1. The number of aliphatic hydroxyl groups excluding tert-OH is 2. The molecule has 6 heteroatoms. The monoisotopic (exact) mass is 756 g/mol. The highest BCUT2D eigenvalue weighted by atomic mass is 16.5. The van der Waals surface area contributed by atoms with Crippen LogP contribution >= 0.6 is 0 Å². The van der Waals surface area contributed by atoms with Gasteiger partial charge in [0, 0.05) is 12.8 Å². The lowest BCUT2D eigenvalue weighted by molar-refractivity contribution is -0.150. The number of hydrogen-bond donors (Lipinski definition) is 3. The first-order chi connectivity index (χ1) is 26.5. The molecule has 3 atom stereocenters. The third-order valence-corrected chi connectivity index (χ3v) is 9.80. The first-order valence-electron chi connectivity index (χ1n) is 22.5. The Labute approximate surface area is 333 Å². The zero-order chi connectivity index (χ0) is 39.6. The molecular formula is C48H85NO5. The lowest BCUT2D eigenvalue weighted by atomic mass is 10.0. The predicted molar refractivity (Wildman–Crippen MR) is 232 cm³/mol. The fraction of sp³-hybridized carbons (Fsp3) is 0.750. The van der Waals surface area contributed by atoms with Crippen LogP contribution in [0.2, 0.25) is 0 Å². The maximum Gasteiger partial charge on any atom is 0.306 e. The lowest BCUT2D eigenvalue weighted by Crippen LogP contribution is -2.46. The highest BCUT2D eigenvalue weighted by molar-refractivity contribution is 5.77. The van der Waals surface area contributed by atoms with E-state index in [1.165, 1.54) is 83.5 Å². The van der Waals surface area contributed by atoms with Crippen LogP contribution in [0.15, 0.2) is 60.8 Å². The lowest BCUT2D eigenvalue weighted by Gasteiger charge is -2.24. The zero-order valence-corrected chi connectivity index (χ0v) is 35.3. The second-order valence-electron chi connectivity index (χ2n) is 15.1. The van der Waals surface area contributed by atoms with Crippen LogP contribution in [0.3, 0.4) is 0 Å². The third kappa shape index (κ3) is 36.5. The molecule has 0 aromatic rings. The summed E-state index contributed by atoms with van der Waals surface area (Å²) in [4.78, 5) is 25.9. The Bertz CT molecular complexity index is 984. The highest BCUT2D eigenvalue weighted by Crippen LogP contribution is 2.15. The molecule has 0 saturated carbocycles. The molecule has 1 amide bonds. The van der Waals surface area contributed by atoms with Crippen LogP contribution in [-0.4, -0.2) is 46.9 Å². The van der Waals surface area contributed by atoms with Crippen molar-refractivity contribution in [3.05, 3.63) is 60.8 Å². The normalized spacial score (nSPS) is 13.9. The number of allylic oxidation sites excluding steroid dienone is 9. The van der Waals surface area contributed by atoms with Crippen molar-refractivity contribution in [3.63, 3.8) is 0 Å². The Kier molecular flexibility index (Phi) is 39.8. The number of nitrogens with one attached hydrogen (secondary N) is 1. The van der Waals surface area contributed by atoms with E-state index in [1.807, 2.05) is 12.2 Å². The molecule has 0 bridgehead atoms. The van der Waals surface area contributed by atoms with Gasteiger partial charge in [-0.1, -0.05) is 184 Å². The molecule has 54 heavy (non-hydrogen) atoms. The minimum absolute atomic E-state index is 0.00319. The quantitative estimate of drug-likeness (QED) is 0.0330. The summed E-state index contributed by atoms with van der Waals surface area (Å²) in [6, 6.07) is -0.730. The van der Waals surface area contributed by atoms with E-state index in [1.54, 1.807) is 0 Å². The van der Waals surface area contributed by atoms with E-state index < -0.39 is 18.2 Å². The van der Waals surface area contributed by atoms with Gasteiger partial charge < -0.3 is 20.3 Å². The van der Waals surface area contributed by atoms with Crippen molar-refractivity contribution in [1.82, 2.24) is 5.32 Å². The van der Waals surface area contributed by atoms with Crippen molar-refractivity contribution in [2.45, 2.75) is 225 Å². The third-order valence-electron chi connectivity index (χ3n) is 9.80. The second kappa shape index (κ2) is 41.7. The molecule has 0 aliphatic carbocycles. The number of amides is 1. The molecule has 0 spiro atoms. The van der Waals surface area contributed by atoms with Crippen LogP contribution < -0.4 is 5.32 Å². The van der Waals surface area contributed by atoms with Crippen LogP contribution in [0.5, 0.6) is 0 Å². The van der Waals surface area contributed by atoms with Crippen molar-refractivity contribution in [1.29, 1.82) is 0 Å². The van der Waals surface area contributed by atoms with Crippen LogP contribution in [0, 0.1) is 0 Å². The molecule has 6 nitrogen and oxygen atoms in total. The minimum atomic E-state index is -0.810. The number of hydrogen-bond acceptors (Lipinski definition) is 5. The molecular weight excluding hydrogens is 671 g/mol. The molecule has 0 aliphatic heterocycles. The van der Waals surface area contributed by atoms with Gasteiger partial charge in [-0.15, -0.1) is 0 Å². The van der Waals surface area contributed by atoms with Gasteiger partial charge in [0.05, 0.1) is 25.2 Å². The molecule has 0 aromatic heterocycles. The minimum Gasteiger partial charge on any atom is -0.461 e. The van der Waals surface area contributed by atoms with Gasteiger partial charge in [-0.05, 0) is 64.2 Å². The van der Waals surface area contributed by atoms with Crippen molar-refractivity contribution < 1.29 is 24.5 Å². The topological polar surface area (TPSA) is 95.9 Å². The van der Waals surface area contributed by atoms with Gasteiger partial charge in [-0.25, -0.2) is 0 Å². The summed E-state index contributed by atoms with van der Waals surface area (Å²) in [5.74, 6) is -0.594. The van der Waals surface area contributed by atoms with Crippen molar-refractivity contribution in [3.8, 4) is 0 Å². The molecule has 0 rings (SSSR count). The average molecular weight is 756 g/mol. The summed E-state index contributed by atoms with van der Waals surface area (Å²) in [5.41, 5.74) is 0. The molecule has 3 N–H and O–H groups in total. The Morgan fingerprint density at radius 3 is 1.61 bits per heavy atom. The van der Waals surface area contributed by atoms with Gasteiger partial charge >= 0.3 is 5.97 Å². The molecule has 0 heterocycles. The first-order valence-corrected chi connectivity index (χ1v) is 22.5. The number of esters is 1. The summed E-state index contributed by atoms with van der Waals surface area (Å²) < 4.78 is 5.82. The van der Waals surface area contributed by atoms with E-state index >= 15 is 0 Å². The zero-order valence-electron chi connectivity index (χ0n) is 35.3. The van der Waals surface area contributed by atoms with Gasteiger partial charge in [0.2, 0.25) is 5.91 Å². The fourth-order valence-electron chi connectivity index (χ4n) is 6.35. The largest absolute Gasteiger partial charge is 0.461 e. The Hall–Kier alpha value is -2.44. The van der Waals surface area contributed by atoms with Crippen molar-refractivity contribution in [2.75, 3.05) is 6.61 Å². The molecule has 0 saturated heterocycles. The molecule has 0 fully saturated rings. The van der Waals surface area contributed by atoms with E-state index in [0.717, 1.165) is 77.0 Å². The Morgan fingerprint density at radius 2 is 1.02 bits per heavy atom. The standard InChI is InChI=1S/C48H85NO5/c1-4-7-10-13-16-19-22-23-24-25-26-27-30-33-36-39-44(54-48(53)41-38-35-32-29-21-18-15-12-9-6-3)42-47(52)49-45(43-50)46(51)40-37-34-31-28-20-17-14-11-8-5-2/h12,15-16,19,23-24,26-27,33,36,44-46,50-51H,4-11,13-14,17-18,20-22,25,28-32,34-35,37-43H2,1-3H3,(H,49,52)/b15-12-,19-16-,24-23-,27-26-,36-33-. The van der Waals surface area contributed by atoms with Gasteiger partial charge in [0.25, 0.3) is 0 Å². The number of carbonyl (C=O) groups excluding carboxylic acids is 2. The molecule has 3 unspecified atom stereocenters. The number of unbranched alkanes of at least 4 members (excludes halogenated alkanes) is 18. The number of aliphatic hydroxyl groups is 2. The summed E-state index contributed by atoms with van der Waals surface area (Å²) in [7, 11) is 0. The SMILES string of the molecule is CCC/C=C\CCCCCCCC(=O)OC(C/C=C\C/C=C\C/C=C\C/C=C\CCCCC)CC(=O)NC(CO)C(O)CCCCCCCCCCCC. The Morgan fingerprint density at radius 1 is 0.556 bits per heavy atom. The van der Waals surface area contributed by atoms with Gasteiger partial charge in [-0.2, -0.15) is 0 Å². The maximum atomic E-state index is 13.1. The molecule has 0 aliphatic rings. The Balaban J connectivity index is 4.78. The van der Waals surface area contributed by atoms with E-state index in [4.69, 9.17) is 4.74 Å². The highest BCUT2D eigenvalue weighted by Gasteiger charge is 2.23. The van der Waals surface area contributed by atoms with Crippen LogP contribution in [0.25, 0.3) is 0 Å². The maximum absolute atomic E-state index is 13.1. The second-order valence-corrected chi connectivity index (χ2v) is 15.1. The van der Waals surface area contributed by atoms with E-state index in [9.17, 15) is 19.8 Å². The van der Waals surface area contributed by atoms with Crippen molar-refractivity contribution in [2.24, 2.45) is 0 Å². The number of carbonyl (C=O) groups is 2. The molecule has 312 valence electrons. The van der Waals surface area contributed by atoms with E-state index in [0.29, 0.717) is 19.3 Å². The summed E-state index contributed by atoms with van der Waals surface area (Å²) in [6.07, 6.45) is 50.1. The van der Waals surface area contributed by atoms with E-state index in [2.05, 4.69) is 74.7 Å².